The van der Waals surface area contributed by atoms with Crippen LogP contribution in [0.1, 0.15) is 58.1 Å². The van der Waals surface area contributed by atoms with Crippen molar-refractivity contribution in [2.24, 2.45) is 34.0 Å². The van der Waals surface area contributed by atoms with Crippen LogP contribution in [0.2, 0.25) is 0 Å². The molecule has 2 rings (SSSR count). The molecule has 0 saturated carbocycles. The summed E-state index contributed by atoms with van der Waals surface area (Å²) in [6.45, 7) is 7.73. The maximum atomic E-state index is 14.4. The predicted octanol–water partition coefficient (Wildman–Crippen LogP) is 3.21. The number of aliphatic imine (C=N–C) groups is 1. The Kier molecular flexibility index (Phi) is 16.9. The molecular formula is C34H50BrN7O5. The predicted molar refractivity (Wildman–Crippen MR) is 187 cm³/mol. The standard InChI is InChI=1S/C34H50BrN7O5/c1-22(2)18-27(36)31(44)42(29(23(3)4)20-40-30(43)26(35)19-24-12-7-5-8-13-24)32(45)28(16-11-17-39-33(37)38)41-34(46)47-21-25-14-9-6-10-15-25/h5-10,12-15,22-23,26-29H,11,16-21,36H2,1-4H3,(H,40,43)(H,41,46)(H4,37,38,39)/t26-,27+,28+,29-/m1/s1. The second kappa shape index (κ2) is 20.3. The van der Waals surface area contributed by atoms with Crippen LogP contribution in [-0.2, 0) is 32.1 Å². The number of hydrogen-bond donors (Lipinski definition) is 5. The van der Waals surface area contributed by atoms with Gasteiger partial charge in [-0.15, -0.1) is 0 Å². The summed E-state index contributed by atoms with van der Waals surface area (Å²) in [5.74, 6) is -1.84. The van der Waals surface area contributed by atoms with Gasteiger partial charge < -0.3 is 32.6 Å². The fourth-order valence-corrected chi connectivity index (χ4v) is 5.45. The summed E-state index contributed by atoms with van der Waals surface area (Å²) in [5.41, 5.74) is 19.0. The Morgan fingerprint density at radius 3 is 2.06 bits per heavy atom. The van der Waals surface area contributed by atoms with Crippen LogP contribution in [0, 0.1) is 11.8 Å². The van der Waals surface area contributed by atoms with E-state index in [1.807, 2.05) is 76.2 Å². The Hall–Kier alpha value is -3.97. The minimum Gasteiger partial charge on any atom is -0.445 e. The van der Waals surface area contributed by atoms with E-state index in [1.165, 1.54) is 0 Å². The van der Waals surface area contributed by atoms with E-state index in [-0.39, 0.29) is 49.8 Å². The number of alkyl halides is 1. The van der Waals surface area contributed by atoms with Gasteiger partial charge in [0.05, 0.1) is 16.9 Å². The Morgan fingerprint density at radius 1 is 0.915 bits per heavy atom. The number of hydrogen-bond acceptors (Lipinski definition) is 7. The van der Waals surface area contributed by atoms with Gasteiger partial charge in [-0.2, -0.15) is 0 Å². The van der Waals surface area contributed by atoms with Gasteiger partial charge in [-0.1, -0.05) is 104 Å². The number of amides is 4. The lowest BCUT2D eigenvalue weighted by atomic mass is 9.97. The number of alkyl carbamates (subject to hydrolysis) is 1. The largest absolute Gasteiger partial charge is 0.445 e. The maximum absolute atomic E-state index is 14.4. The van der Waals surface area contributed by atoms with Crippen LogP contribution >= 0.6 is 15.9 Å². The number of nitrogens with two attached hydrogens (primary N) is 3. The lowest BCUT2D eigenvalue weighted by Crippen LogP contribution is -2.61. The van der Waals surface area contributed by atoms with E-state index in [4.69, 9.17) is 21.9 Å². The molecule has 2 aromatic carbocycles. The smallest absolute Gasteiger partial charge is 0.408 e. The Morgan fingerprint density at radius 2 is 1.51 bits per heavy atom. The molecule has 4 amide bonds. The summed E-state index contributed by atoms with van der Waals surface area (Å²) in [6.07, 6.45) is 0.387. The number of nitrogens with one attached hydrogen (secondary N) is 2. The zero-order valence-electron chi connectivity index (χ0n) is 27.7. The molecule has 0 bridgehead atoms. The monoisotopic (exact) mass is 715 g/mol. The lowest BCUT2D eigenvalue weighted by molar-refractivity contribution is -0.151. The molecule has 0 radical (unpaired) electrons. The van der Waals surface area contributed by atoms with E-state index in [1.54, 1.807) is 12.1 Å². The quantitative estimate of drug-likeness (QED) is 0.0671. The molecule has 47 heavy (non-hydrogen) atoms. The normalized spacial score (nSPS) is 13.6. The van der Waals surface area contributed by atoms with Crippen LogP contribution in [0.3, 0.4) is 0 Å². The van der Waals surface area contributed by atoms with Crippen molar-refractivity contribution in [1.82, 2.24) is 15.5 Å². The Labute approximate surface area is 286 Å². The van der Waals surface area contributed by atoms with Gasteiger partial charge in [0, 0.05) is 13.1 Å². The number of carbonyl (C=O) groups excluding carboxylic acids is 4. The summed E-state index contributed by atoms with van der Waals surface area (Å²) in [7, 11) is 0. The average Bonchev–Trinajstić information content (AvgIpc) is 3.03. The third kappa shape index (κ3) is 14.1. The summed E-state index contributed by atoms with van der Waals surface area (Å²) in [6, 6.07) is 15.7. The number of rotatable bonds is 18. The molecule has 0 fully saturated rings. The van der Waals surface area contributed by atoms with Gasteiger partial charge in [-0.3, -0.25) is 24.3 Å². The van der Waals surface area contributed by atoms with Crippen LogP contribution in [0.5, 0.6) is 0 Å². The second-order valence-electron chi connectivity index (χ2n) is 12.2. The molecule has 0 heterocycles. The van der Waals surface area contributed by atoms with Gasteiger partial charge in [-0.25, -0.2) is 4.79 Å². The number of halogens is 1. The highest BCUT2D eigenvalue weighted by molar-refractivity contribution is 9.10. The second-order valence-corrected chi connectivity index (χ2v) is 13.3. The fourth-order valence-electron chi connectivity index (χ4n) is 4.91. The highest BCUT2D eigenvalue weighted by atomic mass is 79.9. The Bertz CT molecular complexity index is 1310. The van der Waals surface area contributed by atoms with Crippen LogP contribution in [0.15, 0.2) is 65.7 Å². The molecule has 0 aliphatic rings. The molecular weight excluding hydrogens is 666 g/mol. The Balaban J connectivity index is 2.34. The number of imide groups is 1. The van der Waals surface area contributed by atoms with Gasteiger partial charge in [0.1, 0.15) is 12.6 Å². The average molecular weight is 717 g/mol. The molecule has 0 spiro atoms. The molecule has 0 aromatic heterocycles. The van der Waals surface area contributed by atoms with E-state index in [2.05, 4.69) is 31.6 Å². The van der Waals surface area contributed by atoms with Gasteiger partial charge in [0.25, 0.3) is 5.91 Å². The van der Waals surface area contributed by atoms with Crippen molar-refractivity contribution in [2.45, 2.75) is 82.9 Å². The van der Waals surface area contributed by atoms with Crippen molar-refractivity contribution >= 4 is 45.7 Å². The highest BCUT2D eigenvalue weighted by Gasteiger charge is 2.39. The van der Waals surface area contributed by atoms with Crippen LogP contribution in [-0.4, -0.2) is 70.7 Å². The number of nitrogens with zero attached hydrogens (tertiary/aromatic N) is 2. The molecule has 0 unspecified atom stereocenters. The molecule has 13 heteroatoms. The molecule has 12 nitrogen and oxygen atoms in total. The molecule has 8 N–H and O–H groups in total. The third-order valence-corrected chi connectivity index (χ3v) is 8.13. The van der Waals surface area contributed by atoms with Crippen molar-refractivity contribution < 1.29 is 23.9 Å². The van der Waals surface area contributed by atoms with Gasteiger partial charge >= 0.3 is 6.09 Å². The number of guanidine groups is 1. The summed E-state index contributed by atoms with van der Waals surface area (Å²) < 4.78 is 5.40. The SMILES string of the molecule is CC(C)C[C@H](N)C(=O)N(C(=O)[C@H](CCCN=C(N)N)NC(=O)OCc1ccccc1)[C@H](CNC(=O)[C@H](Br)Cc1ccccc1)C(C)C. The fraction of sp³-hybridized carbons (Fsp3) is 0.500. The van der Waals surface area contributed by atoms with Crippen molar-refractivity contribution in [3.8, 4) is 0 Å². The van der Waals surface area contributed by atoms with Gasteiger partial charge in [0.15, 0.2) is 5.96 Å². The first-order chi connectivity index (χ1) is 22.3. The van der Waals surface area contributed by atoms with E-state index in [0.29, 0.717) is 19.3 Å². The molecule has 0 aliphatic heterocycles. The third-order valence-electron chi connectivity index (χ3n) is 7.39. The first kappa shape index (κ1) is 39.2. The summed E-state index contributed by atoms with van der Waals surface area (Å²) in [4.78, 5) is 58.9. The van der Waals surface area contributed by atoms with Gasteiger partial charge in [-0.05, 0) is 48.6 Å². The summed E-state index contributed by atoms with van der Waals surface area (Å²) in [5, 5.41) is 5.55. The topological polar surface area (TPSA) is 195 Å². The first-order valence-corrected chi connectivity index (χ1v) is 16.8. The maximum Gasteiger partial charge on any atom is 0.408 e. The highest BCUT2D eigenvalue weighted by Crippen LogP contribution is 2.19. The number of ether oxygens (including phenoxy) is 1. The van der Waals surface area contributed by atoms with Crippen molar-refractivity contribution in [2.75, 3.05) is 13.1 Å². The number of carbonyl (C=O) groups is 4. The van der Waals surface area contributed by atoms with Crippen LogP contribution in [0.4, 0.5) is 4.79 Å². The zero-order valence-corrected chi connectivity index (χ0v) is 29.3. The minimum absolute atomic E-state index is 0.0131. The molecule has 4 atom stereocenters. The molecule has 258 valence electrons. The first-order valence-electron chi connectivity index (χ1n) is 15.9. The van der Waals surface area contributed by atoms with E-state index in [0.717, 1.165) is 16.0 Å². The van der Waals surface area contributed by atoms with Crippen LogP contribution in [0.25, 0.3) is 0 Å². The summed E-state index contributed by atoms with van der Waals surface area (Å²) >= 11 is 3.47. The zero-order chi connectivity index (χ0) is 34.9. The molecule has 2 aromatic rings. The van der Waals surface area contributed by atoms with E-state index in [9.17, 15) is 19.2 Å². The minimum atomic E-state index is -1.17. The lowest BCUT2D eigenvalue weighted by Gasteiger charge is -2.37. The van der Waals surface area contributed by atoms with Crippen molar-refractivity contribution in [3.63, 3.8) is 0 Å². The number of benzene rings is 2. The van der Waals surface area contributed by atoms with Crippen LogP contribution < -0.4 is 27.8 Å². The van der Waals surface area contributed by atoms with Crippen molar-refractivity contribution in [1.29, 1.82) is 0 Å². The van der Waals surface area contributed by atoms with Gasteiger partial charge in [0.2, 0.25) is 11.8 Å². The molecule has 0 aliphatic carbocycles. The van der Waals surface area contributed by atoms with Crippen molar-refractivity contribution in [3.05, 3.63) is 71.8 Å². The van der Waals surface area contributed by atoms with E-state index < -0.39 is 40.9 Å². The molecule has 0 saturated heterocycles. The van der Waals surface area contributed by atoms with E-state index >= 15 is 0 Å².